The normalized spacial score (nSPS) is 22.1. The third-order valence-electron chi connectivity index (χ3n) is 7.48. The van der Waals surface area contributed by atoms with E-state index in [0.717, 1.165) is 30.5 Å². The van der Waals surface area contributed by atoms with Crippen molar-refractivity contribution in [3.63, 3.8) is 0 Å². The standard InChI is InChI=1S/C25H32N4O4S/c1-18-8-12-27(13-9-18)25(31)22-15-21(16-26-22)34(32,33)28-11-4-6-20(17-28)24(30)29-14-10-19-5-2-3-7-23(19)29/h2-3,5,7,15-16,18,20,26H,4,6,8-14,17H2,1H3. The van der Waals surface area contributed by atoms with Crippen molar-refractivity contribution in [2.45, 2.75) is 43.9 Å². The number of nitrogens with one attached hydrogen (secondary N) is 1. The second-order valence-corrected chi connectivity index (χ2v) is 11.7. The summed E-state index contributed by atoms with van der Waals surface area (Å²) in [7, 11) is -3.80. The van der Waals surface area contributed by atoms with E-state index >= 15 is 0 Å². The highest BCUT2D eigenvalue weighted by atomic mass is 32.2. The fraction of sp³-hybridized carbons (Fsp3) is 0.520. The van der Waals surface area contributed by atoms with Gasteiger partial charge in [-0.25, -0.2) is 8.42 Å². The molecule has 1 unspecified atom stereocenters. The molecule has 2 amide bonds. The lowest BCUT2D eigenvalue weighted by Crippen LogP contribution is -2.46. The number of H-pyrrole nitrogens is 1. The average molecular weight is 485 g/mol. The number of sulfonamides is 1. The van der Waals surface area contributed by atoms with Crippen LogP contribution >= 0.6 is 0 Å². The maximum atomic E-state index is 13.4. The molecule has 5 rings (SSSR count). The molecule has 8 nitrogen and oxygen atoms in total. The van der Waals surface area contributed by atoms with Gasteiger partial charge in [0.2, 0.25) is 15.9 Å². The Morgan fingerprint density at radius 2 is 1.79 bits per heavy atom. The first-order valence-corrected chi connectivity index (χ1v) is 13.7. The summed E-state index contributed by atoms with van der Waals surface area (Å²) in [5.74, 6) is 0.0688. The summed E-state index contributed by atoms with van der Waals surface area (Å²) in [6.45, 7) is 4.74. The molecule has 1 aromatic carbocycles. The number of benzene rings is 1. The minimum Gasteiger partial charge on any atom is -0.356 e. The Labute approximate surface area is 201 Å². The Hall–Kier alpha value is -2.65. The monoisotopic (exact) mass is 484 g/mol. The quantitative estimate of drug-likeness (QED) is 0.722. The molecule has 1 aromatic heterocycles. The van der Waals surface area contributed by atoms with Gasteiger partial charge in [0.15, 0.2) is 0 Å². The van der Waals surface area contributed by atoms with E-state index in [4.69, 9.17) is 0 Å². The predicted octanol–water partition coefficient (Wildman–Crippen LogP) is 2.88. The van der Waals surface area contributed by atoms with Crippen LogP contribution in [-0.4, -0.2) is 67.1 Å². The Kier molecular flexibility index (Phi) is 6.24. The second kappa shape index (κ2) is 9.19. The van der Waals surface area contributed by atoms with Gasteiger partial charge in [-0.3, -0.25) is 9.59 Å². The van der Waals surface area contributed by atoms with E-state index in [2.05, 4.69) is 11.9 Å². The molecule has 1 atom stereocenters. The number of carbonyl (C=O) groups excluding carboxylic acids is 2. The number of hydrogen-bond acceptors (Lipinski definition) is 4. The molecule has 2 fully saturated rings. The first-order valence-electron chi connectivity index (χ1n) is 12.2. The lowest BCUT2D eigenvalue weighted by atomic mass is 9.98. The van der Waals surface area contributed by atoms with Crippen LogP contribution in [0.15, 0.2) is 41.4 Å². The Morgan fingerprint density at radius 1 is 1.03 bits per heavy atom. The molecular formula is C25H32N4O4S. The molecule has 0 bridgehead atoms. The molecule has 0 saturated carbocycles. The number of hydrogen-bond donors (Lipinski definition) is 1. The van der Waals surface area contributed by atoms with Gasteiger partial charge in [0.05, 0.1) is 5.92 Å². The van der Waals surface area contributed by atoms with Crippen molar-refractivity contribution in [2.75, 3.05) is 37.6 Å². The molecule has 3 aliphatic rings. The van der Waals surface area contributed by atoms with Crippen LogP contribution in [-0.2, 0) is 21.2 Å². The summed E-state index contributed by atoms with van der Waals surface area (Å²) in [6, 6.07) is 9.34. The Morgan fingerprint density at radius 3 is 2.59 bits per heavy atom. The van der Waals surface area contributed by atoms with Gasteiger partial charge in [0, 0.05) is 44.6 Å². The molecule has 0 spiro atoms. The van der Waals surface area contributed by atoms with Crippen LogP contribution in [0, 0.1) is 11.8 Å². The number of para-hydroxylation sites is 1. The van der Waals surface area contributed by atoms with Crippen molar-refractivity contribution in [2.24, 2.45) is 11.8 Å². The van der Waals surface area contributed by atoms with Gasteiger partial charge in [0.1, 0.15) is 10.6 Å². The van der Waals surface area contributed by atoms with Crippen LogP contribution in [0.3, 0.4) is 0 Å². The van der Waals surface area contributed by atoms with Gasteiger partial charge in [0.25, 0.3) is 5.91 Å². The third-order valence-corrected chi connectivity index (χ3v) is 9.33. The number of piperidine rings is 2. The second-order valence-electron chi connectivity index (χ2n) is 9.79. The molecule has 2 saturated heterocycles. The highest BCUT2D eigenvalue weighted by molar-refractivity contribution is 7.89. The van der Waals surface area contributed by atoms with E-state index in [1.807, 2.05) is 29.2 Å². The van der Waals surface area contributed by atoms with Crippen molar-refractivity contribution >= 4 is 27.5 Å². The van der Waals surface area contributed by atoms with Gasteiger partial charge in [-0.15, -0.1) is 0 Å². The number of nitrogens with zero attached hydrogens (tertiary/aromatic N) is 3. The van der Waals surface area contributed by atoms with E-state index in [-0.39, 0.29) is 29.2 Å². The van der Waals surface area contributed by atoms with Crippen LogP contribution < -0.4 is 4.90 Å². The molecule has 182 valence electrons. The molecule has 2 aromatic rings. The number of aromatic amines is 1. The summed E-state index contributed by atoms with van der Waals surface area (Å²) in [5, 5.41) is 0. The number of rotatable bonds is 4. The van der Waals surface area contributed by atoms with Gasteiger partial charge >= 0.3 is 0 Å². The zero-order valence-electron chi connectivity index (χ0n) is 19.6. The highest BCUT2D eigenvalue weighted by Crippen LogP contribution is 2.32. The minimum atomic E-state index is -3.80. The lowest BCUT2D eigenvalue weighted by molar-refractivity contribution is -0.123. The minimum absolute atomic E-state index is 0.00545. The largest absolute Gasteiger partial charge is 0.356 e. The van der Waals surface area contributed by atoms with Crippen molar-refractivity contribution in [3.8, 4) is 0 Å². The molecule has 9 heteroatoms. The SMILES string of the molecule is CC1CCN(C(=O)c2cc(S(=O)(=O)N3CCCC(C(=O)N4CCc5ccccc54)C3)c[nH]2)CC1. The lowest BCUT2D eigenvalue weighted by Gasteiger charge is -2.33. The zero-order chi connectivity index (χ0) is 23.9. The first-order chi connectivity index (χ1) is 16.3. The number of fused-ring (bicyclic) bond motifs is 1. The number of aromatic nitrogens is 1. The molecular weight excluding hydrogens is 452 g/mol. The van der Waals surface area contributed by atoms with Crippen molar-refractivity contribution in [1.82, 2.24) is 14.2 Å². The molecule has 34 heavy (non-hydrogen) atoms. The van der Waals surface area contributed by atoms with Crippen LogP contribution in [0.25, 0.3) is 0 Å². The van der Waals surface area contributed by atoms with Gasteiger partial charge in [-0.1, -0.05) is 25.1 Å². The summed E-state index contributed by atoms with van der Waals surface area (Å²) in [6.07, 6.45) is 5.45. The van der Waals surface area contributed by atoms with E-state index in [1.54, 1.807) is 4.90 Å². The fourth-order valence-corrected chi connectivity index (χ4v) is 6.85. The summed E-state index contributed by atoms with van der Waals surface area (Å²) in [4.78, 5) is 32.7. The maximum absolute atomic E-state index is 13.4. The van der Waals surface area contributed by atoms with Gasteiger partial charge in [-0.2, -0.15) is 4.31 Å². The predicted molar refractivity (Wildman–Crippen MR) is 129 cm³/mol. The van der Waals surface area contributed by atoms with Crippen LogP contribution in [0.1, 0.15) is 48.7 Å². The summed E-state index contributed by atoms with van der Waals surface area (Å²) < 4.78 is 28.2. The topological polar surface area (TPSA) is 93.8 Å². The fourth-order valence-electron chi connectivity index (χ4n) is 5.33. The number of anilines is 1. The van der Waals surface area contributed by atoms with Crippen LogP contribution in [0.2, 0.25) is 0 Å². The van der Waals surface area contributed by atoms with E-state index in [0.29, 0.717) is 50.6 Å². The maximum Gasteiger partial charge on any atom is 0.270 e. The van der Waals surface area contributed by atoms with Gasteiger partial charge < -0.3 is 14.8 Å². The molecule has 0 radical (unpaired) electrons. The molecule has 1 N–H and O–H groups in total. The number of likely N-dealkylation sites (tertiary alicyclic amines) is 1. The smallest absolute Gasteiger partial charge is 0.270 e. The molecule has 0 aliphatic carbocycles. The van der Waals surface area contributed by atoms with Crippen molar-refractivity contribution in [3.05, 3.63) is 47.8 Å². The highest BCUT2D eigenvalue weighted by Gasteiger charge is 2.37. The Bertz CT molecular complexity index is 1180. The molecule has 3 aliphatic heterocycles. The molecule has 4 heterocycles. The zero-order valence-corrected chi connectivity index (χ0v) is 20.4. The van der Waals surface area contributed by atoms with E-state index < -0.39 is 10.0 Å². The summed E-state index contributed by atoms with van der Waals surface area (Å²) >= 11 is 0. The third kappa shape index (κ3) is 4.27. The number of amides is 2. The van der Waals surface area contributed by atoms with E-state index in [9.17, 15) is 18.0 Å². The average Bonchev–Trinajstić information content (AvgIpc) is 3.52. The van der Waals surface area contributed by atoms with Crippen LogP contribution in [0.5, 0.6) is 0 Å². The van der Waals surface area contributed by atoms with Crippen molar-refractivity contribution < 1.29 is 18.0 Å². The first kappa shape index (κ1) is 23.1. The van der Waals surface area contributed by atoms with E-state index in [1.165, 1.54) is 16.6 Å². The van der Waals surface area contributed by atoms with Crippen LogP contribution in [0.4, 0.5) is 5.69 Å². The van der Waals surface area contributed by atoms with Gasteiger partial charge in [-0.05, 0) is 55.7 Å². The summed E-state index contributed by atoms with van der Waals surface area (Å²) in [5.41, 5.74) is 2.39. The number of carbonyl (C=O) groups is 2. The van der Waals surface area contributed by atoms with Crippen molar-refractivity contribution in [1.29, 1.82) is 0 Å². The Balaban J connectivity index is 1.28.